The first-order chi connectivity index (χ1) is 9.20. The number of hydrogen-bond acceptors (Lipinski definition) is 4. The zero-order valence-electron chi connectivity index (χ0n) is 10.8. The van der Waals surface area contributed by atoms with Crippen molar-refractivity contribution in [2.75, 3.05) is 32.9 Å². The van der Waals surface area contributed by atoms with Crippen LogP contribution in [0.2, 0.25) is 0 Å². The molecule has 1 fully saturated rings. The molecule has 2 N–H and O–H groups in total. The van der Waals surface area contributed by atoms with Gasteiger partial charge in [-0.3, -0.25) is 4.90 Å². The predicted molar refractivity (Wildman–Crippen MR) is 69.2 cm³/mol. The van der Waals surface area contributed by atoms with Gasteiger partial charge in [-0.15, -0.1) is 0 Å². The molecule has 0 amide bonds. The van der Waals surface area contributed by atoms with Crippen LogP contribution in [0.4, 0.5) is 4.39 Å². The van der Waals surface area contributed by atoms with Crippen LogP contribution in [0.15, 0.2) is 24.3 Å². The standard InChI is InChI=1S/C14H20FNO3/c15-12-3-1-2-11(8-12)14(18)4-5-16-6-7-19-10-13(16)9-17/h1-3,8,13-14,17-18H,4-7,9-10H2. The summed E-state index contributed by atoms with van der Waals surface area (Å²) in [4.78, 5) is 2.10. The maximum Gasteiger partial charge on any atom is 0.123 e. The highest BCUT2D eigenvalue weighted by Gasteiger charge is 2.22. The van der Waals surface area contributed by atoms with Crippen LogP contribution in [0.5, 0.6) is 0 Å². The first kappa shape index (κ1) is 14.4. The third kappa shape index (κ3) is 3.98. The Balaban J connectivity index is 1.87. The highest BCUT2D eigenvalue weighted by molar-refractivity contribution is 5.18. The fraction of sp³-hybridized carbons (Fsp3) is 0.571. The molecule has 1 aliphatic rings. The van der Waals surface area contributed by atoms with Crippen LogP contribution in [0.3, 0.4) is 0 Å². The van der Waals surface area contributed by atoms with Crippen LogP contribution in [0, 0.1) is 5.82 Å². The van der Waals surface area contributed by atoms with Crippen molar-refractivity contribution in [3.63, 3.8) is 0 Å². The van der Waals surface area contributed by atoms with E-state index in [1.54, 1.807) is 12.1 Å². The molecule has 106 valence electrons. The molecule has 1 aliphatic heterocycles. The number of rotatable bonds is 5. The lowest BCUT2D eigenvalue weighted by Crippen LogP contribution is -2.48. The smallest absolute Gasteiger partial charge is 0.123 e. The van der Waals surface area contributed by atoms with Crippen LogP contribution in [-0.4, -0.2) is 54.1 Å². The lowest BCUT2D eigenvalue weighted by atomic mass is 10.1. The van der Waals surface area contributed by atoms with E-state index in [-0.39, 0.29) is 18.5 Å². The minimum atomic E-state index is -0.683. The molecule has 1 aromatic carbocycles. The fourth-order valence-electron chi connectivity index (χ4n) is 2.32. The van der Waals surface area contributed by atoms with Gasteiger partial charge in [0.25, 0.3) is 0 Å². The van der Waals surface area contributed by atoms with Crippen LogP contribution >= 0.6 is 0 Å². The molecule has 2 unspecified atom stereocenters. The molecule has 1 saturated heterocycles. The Bertz CT molecular complexity index is 402. The van der Waals surface area contributed by atoms with Gasteiger partial charge in [0.05, 0.1) is 32.0 Å². The Hall–Kier alpha value is -1.01. The number of nitrogens with zero attached hydrogens (tertiary/aromatic N) is 1. The zero-order valence-corrected chi connectivity index (χ0v) is 10.8. The third-order valence-electron chi connectivity index (χ3n) is 3.48. The average molecular weight is 269 g/mol. The monoisotopic (exact) mass is 269 g/mol. The van der Waals surface area contributed by atoms with E-state index in [1.807, 2.05) is 0 Å². The summed E-state index contributed by atoms with van der Waals surface area (Å²) in [7, 11) is 0. The van der Waals surface area contributed by atoms with Crippen molar-refractivity contribution >= 4 is 0 Å². The van der Waals surface area contributed by atoms with Gasteiger partial charge in [0.2, 0.25) is 0 Å². The fourth-order valence-corrected chi connectivity index (χ4v) is 2.32. The van der Waals surface area contributed by atoms with E-state index >= 15 is 0 Å². The van der Waals surface area contributed by atoms with E-state index in [4.69, 9.17) is 4.74 Å². The molecule has 0 bridgehead atoms. The van der Waals surface area contributed by atoms with Crippen LogP contribution in [-0.2, 0) is 4.74 Å². The number of aliphatic hydroxyl groups is 2. The number of benzene rings is 1. The highest BCUT2D eigenvalue weighted by Crippen LogP contribution is 2.19. The van der Waals surface area contributed by atoms with E-state index < -0.39 is 6.10 Å². The van der Waals surface area contributed by atoms with Crippen molar-refractivity contribution in [3.05, 3.63) is 35.6 Å². The van der Waals surface area contributed by atoms with Gasteiger partial charge >= 0.3 is 0 Å². The predicted octanol–water partition coefficient (Wildman–Crippen LogP) is 0.942. The number of halogens is 1. The summed E-state index contributed by atoms with van der Waals surface area (Å²) in [5.41, 5.74) is 0.591. The van der Waals surface area contributed by atoms with E-state index in [9.17, 15) is 14.6 Å². The number of morpholine rings is 1. The third-order valence-corrected chi connectivity index (χ3v) is 3.48. The van der Waals surface area contributed by atoms with Gasteiger partial charge in [0.15, 0.2) is 0 Å². The van der Waals surface area contributed by atoms with Crippen LogP contribution in [0.25, 0.3) is 0 Å². The summed E-state index contributed by atoms with van der Waals surface area (Å²) >= 11 is 0. The molecule has 4 nitrogen and oxygen atoms in total. The maximum atomic E-state index is 13.1. The van der Waals surface area contributed by atoms with Gasteiger partial charge in [-0.2, -0.15) is 0 Å². The van der Waals surface area contributed by atoms with Gasteiger partial charge in [0.1, 0.15) is 5.82 Å². The van der Waals surface area contributed by atoms with Crippen molar-refractivity contribution in [3.8, 4) is 0 Å². The molecule has 1 aromatic rings. The summed E-state index contributed by atoms with van der Waals surface area (Å²) in [5, 5.41) is 19.3. The quantitative estimate of drug-likeness (QED) is 0.835. The first-order valence-electron chi connectivity index (χ1n) is 6.57. The van der Waals surface area contributed by atoms with Crippen molar-refractivity contribution in [1.29, 1.82) is 0 Å². The minimum Gasteiger partial charge on any atom is -0.395 e. The molecule has 0 aliphatic carbocycles. The number of aliphatic hydroxyl groups excluding tert-OH is 2. The first-order valence-corrected chi connectivity index (χ1v) is 6.57. The van der Waals surface area contributed by atoms with Crippen LogP contribution in [0.1, 0.15) is 18.1 Å². The summed E-state index contributed by atoms with van der Waals surface area (Å²) in [6.07, 6.45) is -0.169. The Morgan fingerprint density at radius 3 is 3.05 bits per heavy atom. The molecule has 0 radical (unpaired) electrons. The topological polar surface area (TPSA) is 52.9 Å². The maximum absolute atomic E-state index is 13.1. The van der Waals surface area contributed by atoms with E-state index in [0.717, 1.165) is 6.54 Å². The summed E-state index contributed by atoms with van der Waals surface area (Å²) in [5.74, 6) is -0.337. The Kier molecular flexibility index (Phi) is 5.27. The molecule has 0 aromatic heterocycles. The Labute approximate surface area is 112 Å². The molecule has 19 heavy (non-hydrogen) atoms. The second-order valence-electron chi connectivity index (χ2n) is 4.81. The second-order valence-corrected chi connectivity index (χ2v) is 4.81. The average Bonchev–Trinajstić information content (AvgIpc) is 2.45. The number of ether oxygens (including phenoxy) is 1. The molecular formula is C14H20FNO3. The SMILES string of the molecule is OCC1COCCN1CCC(O)c1cccc(F)c1. The molecule has 5 heteroatoms. The van der Waals surface area contributed by atoms with Gasteiger partial charge in [-0.1, -0.05) is 12.1 Å². The largest absolute Gasteiger partial charge is 0.395 e. The molecule has 0 spiro atoms. The van der Waals surface area contributed by atoms with Crippen molar-refractivity contribution in [2.45, 2.75) is 18.6 Å². The number of hydrogen-bond donors (Lipinski definition) is 2. The van der Waals surface area contributed by atoms with Gasteiger partial charge in [0, 0.05) is 13.1 Å². The second kappa shape index (κ2) is 6.96. The Morgan fingerprint density at radius 2 is 2.32 bits per heavy atom. The molecule has 2 atom stereocenters. The minimum absolute atomic E-state index is 0.00606. The van der Waals surface area contributed by atoms with E-state index in [0.29, 0.717) is 31.7 Å². The van der Waals surface area contributed by atoms with E-state index in [1.165, 1.54) is 12.1 Å². The Morgan fingerprint density at radius 1 is 1.47 bits per heavy atom. The zero-order chi connectivity index (χ0) is 13.7. The summed E-state index contributed by atoms with van der Waals surface area (Å²) in [6, 6.07) is 6.02. The summed E-state index contributed by atoms with van der Waals surface area (Å²) < 4.78 is 18.4. The van der Waals surface area contributed by atoms with Gasteiger partial charge in [-0.05, 0) is 24.1 Å². The van der Waals surface area contributed by atoms with Crippen molar-refractivity contribution in [1.82, 2.24) is 4.90 Å². The van der Waals surface area contributed by atoms with Crippen molar-refractivity contribution in [2.24, 2.45) is 0 Å². The van der Waals surface area contributed by atoms with Gasteiger partial charge in [-0.25, -0.2) is 4.39 Å². The lowest BCUT2D eigenvalue weighted by molar-refractivity contribution is -0.0321. The molecule has 1 heterocycles. The molecule has 0 saturated carbocycles. The lowest BCUT2D eigenvalue weighted by Gasteiger charge is -2.34. The molecular weight excluding hydrogens is 249 g/mol. The van der Waals surface area contributed by atoms with Gasteiger partial charge < -0.3 is 14.9 Å². The normalized spacial score (nSPS) is 22.4. The van der Waals surface area contributed by atoms with E-state index in [2.05, 4.69) is 4.90 Å². The molecule has 2 rings (SSSR count). The van der Waals surface area contributed by atoms with Crippen molar-refractivity contribution < 1.29 is 19.3 Å². The summed E-state index contributed by atoms with van der Waals surface area (Å²) in [6.45, 7) is 2.63. The highest BCUT2D eigenvalue weighted by atomic mass is 19.1. The van der Waals surface area contributed by atoms with Crippen LogP contribution < -0.4 is 0 Å².